The number of pyridine rings is 1. The molecule has 0 aliphatic carbocycles. The van der Waals surface area contributed by atoms with Crippen molar-refractivity contribution < 1.29 is 14.4 Å². The Labute approximate surface area is 172 Å². The maximum Gasteiger partial charge on any atom is 0.252 e. The summed E-state index contributed by atoms with van der Waals surface area (Å²) in [6, 6.07) is 23.5. The molecule has 0 saturated carbocycles. The van der Waals surface area contributed by atoms with E-state index >= 15 is 0 Å². The first kappa shape index (κ1) is 18.0. The molecular formula is C24H19N3O3. The molecule has 0 bridgehead atoms. The fraction of sp³-hybridized carbons (Fsp3) is 0.0833. The largest absolute Gasteiger partial charge is 0.497 e. The van der Waals surface area contributed by atoms with Gasteiger partial charge in [0.05, 0.1) is 18.9 Å². The molecule has 148 valence electrons. The fourth-order valence-corrected chi connectivity index (χ4v) is 3.68. The Kier molecular flexibility index (Phi) is 4.44. The number of hydrogen-bond donors (Lipinski definition) is 2. The molecule has 2 aromatic carbocycles. The third-order valence-corrected chi connectivity index (χ3v) is 5.09. The van der Waals surface area contributed by atoms with Crippen LogP contribution in [0.1, 0.15) is 11.3 Å². The van der Waals surface area contributed by atoms with Crippen LogP contribution in [0.4, 0.5) is 0 Å². The molecule has 5 aromatic rings. The van der Waals surface area contributed by atoms with Crippen LogP contribution in [0, 0.1) is 0 Å². The average Bonchev–Trinajstić information content (AvgIpc) is 3.38. The Morgan fingerprint density at radius 2 is 1.87 bits per heavy atom. The van der Waals surface area contributed by atoms with Gasteiger partial charge in [-0.05, 0) is 40.5 Å². The van der Waals surface area contributed by atoms with E-state index in [1.807, 2.05) is 48.5 Å². The van der Waals surface area contributed by atoms with Gasteiger partial charge in [0.1, 0.15) is 11.4 Å². The number of rotatable bonds is 5. The van der Waals surface area contributed by atoms with Crippen LogP contribution in [0.25, 0.3) is 33.6 Å². The lowest BCUT2D eigenvalue weighted by atomic mass is 10.0. The second kappa shape index (κ2) is 7.40. The van der Waals surface area contributed by atoms with Gasteiger partial charge in [-0.3, -0.25) is 0 Å². The predicted molar refractivity (Wildman–Crippen MR) is 114 cm³/mol. The first-order valence-corrected chi connectivity index (χ1v) is 9.57. The highest BCUT2D eigenvalue weighted by atomic mass is 16.5. The van der Waals surface area contributed by atoms with Crippen LogP contribution in [0.5, 0.6) is 11.6 Å². The molecule has 0 radical (unpaired) electrons. The van der Waals surface area contributed by atoms with Crippen molar-refractivity contribution in [2.24, 2.45) is 0 Å². The van der Waals surface area contributed by atoms with E-state index in [-0.39, 0.29) is 5.88 Å². The van der Waals surface area contributed by atoms with E-state index in [0.29, 0.717) is 17.9 Å². The molecule has 0 fully saturated rings. The first-order chi connectivity index (χ1) is 14.7. The molecule has 5 rings (SSSR count). The summed E-state index contributed by atoms with van der Waals surface area (Å²) in [5.74, 6) is 1.08. The summed E-state index contributed by atoms with van der Waals surface area (Å²) >= 11 is 0. The van der Waals surface area contributed by atoms with E-state index in [9.17, 15) is 5.11 Å². The second-order valence-electron chi connectivity index (χ2n) is 7.00. The Morgan fingerprint density at radius 1 is 1.00 bits per heavy atom. The van der Waals surface area contributed by atoms with Gasteiger partial charge in [-0.15, -0.1) is 0 Å². The van der Waals surface area contributed by atoms with E-state index in [0.717, 1.165) is 39.2 Å². The van der Waals surface area contributed by atoms with Crippen LogP contribution in [0.15, 0.2) is 77.3 Å². The number of ether oxygens (including phenoxy) is 1. The molecule has 3 heterocycles. The number of nitrogens with one attached hydrogen (secondary N) is 1. The van der Waals surface area contributed by atoms with Crippen LogP contribution in [0.2, 0.25) is 0 Å². The van der Waals surface area contributed by atoms with Gasteiger partial charge in [-0.2, -0.15) is 0 Å². The fourth-order valence-electron chi connectivity index (χ4n) is 3.68. The lowest BCUT2D eigenvalue weighted by molar-refractivity contribution is 0.365. The molecule has 0 saturated heterocycles. The molecular weight excluding hydrogens is 378 g/mol. The van der Waals surface area contributed by atoms with Crippen LogP contribution in [-0.2, 0) is 6.42 Å². The smallest absolute Gasteiger partial charge is 0.252 e. The minimum absolute atomic E-state index is 0.158. The first-order valence-electron chi connectivity index (χ1n) is 9.57. The highest BCUT2D eigenvalue weighted by Gasteiger charge is 2.16. The number of aromatic amines is 1. The summed E-state index contributed by atoms with van der Waals surface area (Å²) in [6.45, 7) is 0. The zero-order valence-corrected chi connectivity index (χ0v) is 16.3. The highest BCUT2D eigenvalue weighted by molar-refractivity contribution is 5.92. The molecule has 2 N–H and O–H groups in total. The summed E-state index contributed by atoms with van der Waals surface area (Å²) in [5, 5.41) is 14.1. The lowest BCUT2D eigenvalue weighted by Crippen LogP contribution is -1.95. The van der Waals surface area contributed by atoms with Gasteiger partial charge < -0.3 is 19.4 Å². The standard InChI is InChI=1S/C24H19N3O3/c1-29-17-10-11-18-19(24(26-21(18)13-17)15-6-3-2-4-7-15)12-16-8-5-9-20(25-16)22-14-23(28)27-30-22/h2-11,13-14,26H,12H2,1H3,(H,27,28). The number of aromatic nitrogens is 3. The Hall–Kier alpha value is -4.06. The van der Waals surface area contributed by atoms with Crippen molar-refractivity contribution in [3.63, 3.8) is 0 Å². The summed E-state index contributed by atoms with van der Waals surface area (Å²) in [4.78, 5) is 8.28. The number of nitrogens with zero attached hydrogens (tertiary/aromatic N) is 2. The molecule has 6 nitrogen and oxygen atoms in total. The summed E-state index contributed by atoms with van der Waals surface area (Å²) in [6.07, 6.45) is 0.629. The Bertz CT molecular complexity index is 1320. The number of hydrogen-bond acceptors (Lipinski definition) is 5. The zero-order valence-electron chi connectivity index (χ0n) is 16.3. The van der Waals surface area contributed by atoms with Crippen LogP contribution < -0.4 is 4.74 Å². The summed E-state index contributed by atoms with van der Waals surface area (Å²) in [7, 11) is 1.67. The zero-order chi connectivity index (χ0) is 20.5. The van der Waals surface area contributed by atoms with Crippen molar-refractivity contribution >= 4 is 10.9 Å². The maximum absolute atomic E-state index is 9.47. The van der Waals surface area contributed by atoms with Crippen molar-refractivity contribution in [2.45, 2.75) is 6.42 Å². The molecule has 0 amide bonds. The summed E-state index contributed by atoms with van der Waals surface area (Å²) in [5.41, 5.74) is 5.85. The molecule has 0 unspecified atom stereocenters. The van der Waals surface area contributed by atoms with E-state index in [4.69, 9.17) is 14.2 Å². The van der Waals surface area contributed by atoms with Crippen molar-refractivity contribution in [3.05, 3.63) is 84.1 Å². The maximum atomic E-state index is 9.47. The molecule has 0 aliphatic heterocycles. The van der Waals surface area contributed by atoms with E-state index in [2.05, 4.69) is 28.3 Å². The van der Waals surface area contributed by atoms with Crippen LogP contribution >= 0.6 is 0 Å². The topological polar surface area (TPSA) is 84.2 Å². The van der Waals surface area contributed by atoms with Crippen LogP contribution in [-0.4, -0.2) is 27.3 Å². The van der Waals surface area contributed by atoms with E-state index in [1.165, 1.54) is 6.07 Å². The molecule has 30 heavy (non-hydrogen) atoms. The van der Waals surface area contributed by atoms with E-state index < -0.39 is 0 Å². The number of aromatic hydroxyl groups is 1. The minimum Gasteiger partial charge on any atom is -0.497 e. The highest BCUT2D eigenvalue weighted by Crippen LogP contribution is 2.34. The monoisotopic (exact) mass is 397 g/mol. The molecule has 0 aliphatic rings. The number of fused-ring (bicyclic) bond motifs is 1. The van der Waals surface area contributed by atoms with Crippen molar-refractivity contribution in [1.29, 1.82) is 0 Å². The minimum atomic E-state index is -0.158. The molecule has 0 atom stereocenters. The van der Waals surface area contributed by atoms with Gasteiger partial charge in [-0.25, -0.2) is 4.98 Å². The van der Waals surface area contributed by atoms with Gasteiger partial charge in [0.25, 0.3) is 5.88 Å². The van der Waals surface area contributed by atoms with E-state index in [1.54, 1.807) is 7.11 Å². The van der Waals surface area contributed by atoms with Gasteiger partial charge in [-0.1, -0.05) is 36.4 Å². The predicted octanol–water partition coefficient (Wildman–Crippen LogP) is 5.19. The van der Waals surface area contributed by atoms with Gasteiger partial charge in [0.15, 0.2) is 5.76 Å². The molecule has 6 heteroatoms. The average molecular weight is 397 g/mol. The quantitative estimate of drug-likeness (QED) is 0.426. The van der Waals surface area contributed by atoms with Gasteiger partial charge in [0.2, 0.25) is 0 Å². The normalized spacial score (nSPS) is 11.1. The second-order valence-corrected chi connectivity index (χ2v) is 7.00. The van der Waals surface area contributed by atoms with Crippen molar-refractivity contribution in [2.75, 3.05) is 7.11 Å². The third-order valence-electron chi connectivity index (χ3n) is 5.09. The molecule has 3 aromatic heterocycles. The van der Waals surface area contributed by atoms with Crippen LogP contribution in [0.3, 0.4) is 0 Å². The molecule has 0 spiro atoms. The number of H-pyrrole nitrogens is 1. The third kappa shape index (κ3) is 3.28. The lowest BCUT2D eigenvalue weighted by Gasteiger charge is -2.07. The van der Waals surface area contributed by atoms with Gasteiger partial charge >= 0.3 is 0 Å². The Morgan fingerprint density at radius 3 is 2.63 bits per heavy atom. The van der Waals surface area contributed by atoms with Gasteiger partial charge in [0, 0.05) is 29.1 Å². The number of benzene rings is 2. The number of methoxy groups -OCH3 is 1. The Balaban J connectivity index is 1.61. The SMILES string of the molecule is COc1ccc2c(Cc3cccc(-c4cc(O)no4)n3)c(-c3ccccc3)[nH]c2c1. The van der Waals surface area contributed by atoms with Crippen molar-refractivity contribution in [3.8, 4) is 34.3 Å². The van der Waals surface area contributed by atoms with Crippen molar-refractivity contribution in [1.82, 2.24) is 15.1 Å². The summed E-state index contributed by atoms with van der Waals surface area (Å²) < 4.78 is 10.5.